The zero-order valence-electron chi connectivity index (χ0n) is 14.8. The van der Waals surface area contributed by atoms with Crippen molar-refractivity contribution in [3.8, 4) is 0 Å². The van der Waals surface area contributed by atoms with E-state index in [1.165, 1.54) is 6.26 Å². The third-order valence-electron chi connectivity index (χ3n) is 5.14. The Hall–Kier alpha value is -1.86. The third kappa shape index (κ3) is 4.22. The van der Waals surface area contributed by atoms with Crippen molar-refractivity contribution in [3.63, 3.8) is 0 Å². The van der Waals surface area contributed by atoms with Crippen molar-refractivity contribution < 1.29 is 18.7 Å². The summed E-state index contributed by atoms with van der Waals surface area (Å²) in [5.41, 5.74) is 0. The molecule has 2 aliphatic rings. The lowest BCUT2D eigenvalue weighted by atomic mass is 10.1. The molecule has 3 rings (SSSR count). The maximum absolute atomic E-state index is 12.6. The quantitative estimate of drug-likeness (QED) is 0.798. The smallest absolute Gasteiger partial charge is 0.290 e. The molecule has 0 unspecified atom stereocenters. The molecule has 1 aromatic heterocycles. The minimum Gasteiger partial charge on any atom is -0.459 e. The van der Waals surface area contributed by atoms with Crippen molar-refractivity contribution in [1.82, 2.24) is 15.1 Å². The Labute approximate surface area is 148 Å². The molecule has 2 fully saturated rings. The van der Waals surface area contributed by atoms with Gasteiger partial charge in [0.15, 0.2) is 5.76 Å². The van der Waals surface area contributed by atoms with Crippen molar-refractivity contribution in [2.75, 3.05) is 39.9 Å². The Morgan fingerprint density at radius 2 is 2.16 bits per heavy atom. The average molecular weight is 349 g/mol. The number of carbonyl (C=O) groups excluding carboxylic acids is 2. The normalized spacial score (nSPS) is 24.0. The van der Waals surface area contributed by atoms with Crippen LogP contribution in [0.4, 0.5) is 0 Å². The summed E-state index contributed by atoms with van der Waals surface area (Å²) in [5.74, 6) is 0.0301. The third-order valence-corrected chi connectivity index (χ3v) is 5.14. The molecule has 25 heavy (non-hydrogen) atoms. The zero-order chi connectivity index (χ0) is 17.6. The first-order valence-electron chi connectivity index (χ1n) is 9.06. The Kier molecular flexibility index (Phi) is 6.09. The Morgan fingerprint density at radius 3 is 2.92 bits per heavy atom. The molecule has 0 aliphatic carbocycles. The summed E-state index contributed by atoms with van der Waals surface area (Å²) in [5, 5.41) is 3.06. The van der Waals surface area contributed by atoms with Crippen LogP contribution in [0.1, 0.15) is 36.2 Å². The van der Waals surface area contributed by atoms with Crippen LogP contribution in [0.5, 0.6) is 0 Å². The summed E-state index contributed by atoms with van der Waals surface area (Å²) in [7, 11) is 1.71. The lowest BCUT2D eigenvalue weighted by molar-refractivity contribution is -0.125. The van der Waals surface area contributed by atoms with Gasteiger partial charge < -0.3 is 19.4 Å². The van der Waals surface area contributed by atoms with Gasteiger partial charge in [-0.3, -0.25) is 14.5 Å². The minimum absolute atomic E-state index is 0.0593. The van der Waals surface area contributed by atoms with E-state index in [9.17, 15) is 9.59 Å². The van der Waals surface area contributed by atoms with E-state index in [2.05, 4.69) is 10.2 Å². The second kappa shape index (κ2) is 8.49. The van der Waals surface area contributed by atoms with Gasteiger partial charge in [0.05, 0.1) is 12.9 Å². The van der Waals surface area contributed by atoms with Crippen LogP contribution < -0.4 is 5.32 Å². The van der Waals surface area contributed by atoms with E-state index in [0.29, 0.717) is 37.9 Å². The number of likely N-dealkylation sites (tertiary alicyclic amines) is 2. The van der Waals surface area contributed by atoms with Crippen molar-refractivity contribution >= 4 is 11.8 Å². The van der Waals surface area contributed by atoms with Crippen LogP contribution in [-0.2, 0) is 9.53 Å². The highest BCUT2D eigenvalue weighted by Crippen LogP contribution is 2.21. The molecule has 2 atom stereocenters. The SMILES string of the molecule is COCCN1CCC[C@@H]1CNC(=O)[C@H]1CCCN1C(=O)c1ccco1. The monoisotopic (exact) mass is 349 g/mol. The fraction of sp³-hybridized carbons (Fsp3) is 0.667. The number of methoxy groups -OCH3 is 1. The van der Waals surface area contributed by atoms with Gasteiger partial charge in [-0.15, -0.1) is 0 Å². The predicted molar refractivity (Wildman–Crippen MR) is 92.2 cm³/mol. The first-order valence-corrected chi connectivity index (χ1v) is 9.06. The van der Waals surface area contributed by atoms with Crippen molar-refractivity contribution in [3.05, 3.63) is 24.2 Å². The fourth-order valence-electron chi connectivity index (χ4n) is 3.79. The number of rotatable bonds is 7. The number of ether oxygens (including phenoxy) is 1. The topological polar surface area (TPSA) is 75.0 Å². The Morgan fingerprint density at radius 1 is 1.32 bits per heavy atom. The molecule has 7 nitrogen and oxygen atoms in total. The molecular formula is C18H27N3O4. The number of hydrogen-bond acceptors (Lipinski definition) is 5. The summed E-state index contributed by atoms with van der Waals surface area (Å²) >= 11 is 0. The van der Waals surface area contributed by atoms with E-state index in [4.69, 9.17) is 9.15 Å². The molecule has 2 aliphatic heterocycles. The van der Waals surface area contributed by atoms with Gasteiger partial charge >= 0.3 is 0 Å². The molecule has 0 aromatic carbocycles. The van der Waals surface area contributed by atoms with Gasteiger partial charge in [0.1, 0.15) is 6.04 Å². The van der Waals surface area contributed by atoms with Gasteiger partial charge in [-0.05, 0) is 44.4 Å². The van der Waals surface area contributed by atoms with Crippen LogP contribution in [0, 0.1) is 0 Å². The van der Waals surface area contributed by atoms with Crippen molar-refractivity contribution in [2.24, 2.45) is 0 Å². The molecule has 3 heterocycles. The number of carbonyl (C=O) groups is 2. The fourth-order valence-corrected chi connectivity index (χ4v) is 3.79. The summed E-state index contributed by atoms with van der Waals surface area (Å²) in [6, 6.07) is 3.29. The highest BCUT2D eigenvalue weighted by Gasteiger charge is 2.36. The molecule has 2 amide bonds. The highest BCUT2D eigenvalue weighted by atomic mass is 16.5. The highest BCUT2D eigenvalue weighted by molar-refractivity contribution is 5.95. The van der Waals surface area contributed by atoms with E-state index >= 15 is 0 Å². The first-order chi connectivity index (χ1) is 12.2. The van der Waals surface area contributed by atoms with Crippen LogP contribution in [0.15, 0.2) is 22.8 Å². The van der Waals surface area contributed by atoms with Gasteiger partial charge in [0, 0.05) is 32.8 Å². The van der Waals surface area contributed by atoms with Gasteiger partial charge in [-0.2, -0.15) is 0 Å². The summed E-state index contributed by atoms with van der Waals surface area (Å²) in [6.07, 6.45) is 5.26. The summed E-state index contributed by atoms with van der Waals surface area (Å²) < 4.78 is 10.3. The minimum atomic E-state index is -0.397. The lowest BCUT2D eigenvalue weighted by Crippen LogP contribution is -2.49. The van der Waals surface area contributed by atoms with Crippen LogP contribution in [0.2, 0.25) is 0 Å². The maximum Gasteiger partial charge on any atom is 0.290 e. The van der Waals surface area contributed by atoms with E-state index in [0.717, 1.165) is 32.4 Å². The second-order valence-corrected chi connectivity index (χ2v) is 6.70. The lowest BCUT2D eigenvalue weighted by Gasteiger charge is -2.27. The van der Waals surface area contributed by atoms with E-state index in [-0.39, 0.29) is 11.8 Å². The van der Waals surface area contributed by atoms with Crippen molar-refractivity contribution in [1.29, 1.82) is 0 Å². The van der Waals surface area contributed by atoms with Crippen LogP contribution in [-0.4, -0.2) is 73.6 Å². The number of hydrogen-bond donors (Lipinski definition) is 1. The Balaban J connectivity index is 1.52. The molecule has 1 aromatic rings. The molecule has 0 radical (unpaired) electrons. The van der Waals surface area contributed by atoms with Gasteiger partial charge in [-0.1, -0.05) is 0 Å². The van der Waals surface area contributed by atoms with E-state index < -0.39 is 6.04 Å². The molecule has 0 spiro atoms. The number of amides is 2. The first kappa shape index (κ1) is 17.9. The molecule has 0 bridgehead atoms. The molecular weight excluding hydrogens is 322 g/mol. The predicted octanol–water partition coefficient (Wildman–Crippen LogP) is 1.11. The van der Waals surface area contributed by atoms with Gasteiger partial charge in [0.25, 0.3) is 5.91 Å². The summed E-state index contributed by atoms with van der Waals surface area (Å²) in [4.78, 5) is 29.1. The maximum atomic E-state index is 12.6. The van der Waals surface area contributed by atoms with Crippen molar-refractivity contribution in [2.45, 2.75) is 37.8 Å². The largest absolute Gasteiger partial charge is 0.459 e. The van der Waals surface area contributed by atoms with Gasteiger partial charge in [-0.25, -0.2) is 0 Å². The summed E-state index contributed by atoms with van der Waals surface area (Å²) in [6.45, 7) is 3.88. The number of nitrogens with one attached hydrogen (secondary N) is 1. The van der Waals surface area contributed by atoms with E-state index in [1.807, 2.05) is 0 Å². The van der Waals surface area contributed by atoms with Crippen LogP contribution in [0.25, 0.3) is 0 Å². The molecule has 0 saturated carbocycles. The number of furan rings is 1. The Bertz CT molecular complexity index is 575. The molecule has 2 saturated heterocycles. The zero-order valence-corrected chi connectivity index (χ0v) is 14.8. The molecule has 7 heteroatoms. The second-order valence-electron chi connectivity index (χ2n) is 6.70. The molecule has 1 N–H and O–H groups in total. The van der Waals surface area contributed by atoms with Gasteiger partial charge in [0.2, 0.25) is 5.91 Å². The standard InChI is InChI=1S/C18H27N3O4/c1-24-12-10-20-8-2-5-14(20)13-19-17(22)15-6-3-9-21(15)18(23)16-7-4-11-25-16/h4,7,11,14-15H,2-3,5-6,8-10,12-13H2,1H3,(H,19,22)/t14-,15-/m1/s1. The molecule has 138 valence electrons. The average Bonchev–Trinajstić information content (AvgIpc) is 3.38. The van der Waals surface area contributed by atoms with E-state index in [1.54, 1.807) is 24.1 Å². The van der Waals surface area contributed by atoms with Crippen LogP contribution in [0.3, 0.4) is 0 Å². The number of nitrogens with zero attached hydrogens (tertiary/aromatic N) is 2. The van der Waals surface area contributed by atoms with Crippen LogP contribution >= 0.6 is 0 Å².